The number of nitrogens with zero attached hydrogens (tertiary/aromatic N) is 2. The number of nitrogens with one attached hydrogen (secondary N) is 1. The molecule has 0 spiro atoms. The van der Waals surface area contributed by atoms with Crippen molar-refractivity contribution < 1.29 is 9.53 Å². The summed E-state index contributed by atoms with van der Waals surface area (Å²) in [5, 5.41) is 3.33. The number of rotatable bonds is 3. The molecule has 0 aromatic heterocycles. The van der Waals surface area contributed by atoms with Gasteiger partial charge >= 0.3 is 0 Å². The van der Waals surface area contributed by atoms with Crippen LogP contribution in [0.4, 0.5) is 0 Å². The van der Waals surface area contributed by atoms with E-state index in [-0.39, 0.29) is 5.91 Å². The number of carbonyl (C=O) groups excluding carboxylic acids is 1. The second-order valence-electron chi connectivity index (χ2n) is 7.07. The van der Waals surface area contributed by atoms with Gasteiger partial charge in [-0.1, -0.05) is 0 Å². The molecule has 0 aromatic carbocycles. The van der Waals surface area contributed by atoms with Crippen molar-refractivity contribution >= 4 is 5.91 Å². The first-order valence-electron chi connectivity index (χ1n) is 9.04. The fourth-order valence-electron chi connectivity index (χ4n) is 4.38. The van der Waals surface area contributed by atoms with Crippen molar-refractivity contribution in [3.05, 3.63) is 0 Å². The number of methoxy groups -OCH3 is 1. The summed E-state index contributed by atoms with van der Waals surface area (Å²) >= 11 is 0. The maximum Gasteiger partial charge on any atom is 0.254 e. The molecule has 126 valence electrons. The van der Waals surface area contributed by atoms with Crippen LogP contribution in [0.1, 0.15) is 44.9 Å². The van der Waals surface area contributed by atoms with E-state index in [1.807, 2.05) is 0 Å². The number of amides is 1. The van der Waals surface area contributed by atoms with E-state index in [2.05, 4.69) is 15.1 Å². The molecular weight excluding hydrogens is 278 g/mol. The Morgan fingerprint density at radius 3 is 2.45 bits per heavy atom. The Hall–Kier alpha value is -0.650. The van der Waals surface area contributed by atoms with Crippen molar-refractivity contribution in [3.63, 3.8) is 0 Å². The zero-order valence-electron chi connectivity index (χ0n) is 14.0. The van der Waals surface area contributed by atoms with E-state index in [1.165, 1.54) is 32.4 Å². The Kier molecular flexibility index (Phi) is 5.37. The standard InChI is InChI=1S/C17H31N3O2/c1-22-17(7-9-18-10-8-17)16(21)20-13-4-5-15(6-14-20)19-11-2-3-12-19/h15,18H,2-14H2,1H3. The van der Waals surface area contributed by atoms with E-state index in [0.717, 1.165) is 51.9 Å². The molecule has 1 amide bonds. The van der Waals surface area contributed by atoms with Gasteiger partial charge in [-0.05, 0) is 71.1 Å². The van der Waals surface area contributed by atoms with E-state index in [9.17, 15) is 4.79 Å². The van der Waals surface area contributed by atoms with Crippen LogP contribution in [0.3, 0.4) is 0 Å². The van der Waals surface area contributed by atoms with Gasteiger partial charge in [-0.2, -0.15) is 0 Å². The van der Waals surface area contributed by atoms with Crippen LogP contribution in [0, 0.1) is 0 Å². The van der Waals surface area contributed by atoms with Gasteiger partial charge in [0.2, 0.25) is 0 Å². The molecule has 0 saturated carbocycles. The third-order valence-electron chi connectivity index (χ3n) is 5.83. The molecule has 3 saturated heterocycles. The molecule has 3 rings (SSSR count). The molecule has 0 aliphatic carbocycles. The molecule has 5 nitrogen and oxygen atoms in total. The molecule has 1 atom stereocenters. The van der Waals surface area contributed by atoms with Crippen molar-refractivity contribution in [2.45, 2.75) is 56.6 Å². The first-order chi connectivity index (χ1) is 10.7. The Morgan fingerprint density at radius 2 is 1.77 bits per heavy atom. The summed E-state index contributed by atoms with van der Waals surface area (Å²) in [6, 6.07) is 0.687. The largest absolute Gasteiger partial charge is 0.368 e. The molecule has 0 bridgehead atoms. The highest BCUT2D eigenvalue weighted by atomic mass is 16.5. The molecule has 1 N–H and O–H groups in total. The van der Waals surface area contributed by atoms with Gasteiger partial charge in [0.15, 0.2) is 0 Å². The number of carbonyl (C=O) groups is 1. The number of hydrogen-bond donors (Lipinski definition) is 1. The van der Waals surface area contributed by atoms with Crippen LogP contribution in [0.5, 0.6) is 0 Å². The molecule has 3 fully saturated rings. The molecule has 22 heavy (non-hydrogen) atoms. The second kappa shape index (κ2) is 7.28. The first kappa shape index (κ1) is 16.2. The molecule has 3 aliphatic heterocycles. The van der Waals surface area contributed by atoms with E-state index in [0.29, 0.717) is 6.04 Å². The maximum absolute atomic E-state index is 13.0. The van der Waals surface area contributed by atoms with Crippen LogP contribution in [0.2, 0.25) is 0 Å². The fourth-order valence-corrected chi connectivity index (χ4v) is 4.38. The fraction of sp³-hybridized carbons (Fsp3) is 0.941. The zero-order chi connectivity index (χ0) is 15.4. The van der Waals surface area contributed by atoms with E-state index in [1.54, 1.807) is 7.11 Å². The lowest BCUT2D eigenvalue weighted by molar-refractivity contribution is -0.158. The monoisotopic (exact) mass is 309 g/mol. The lowest BCUT2D eigenvalue weighted by atomic mass is 9.90. The van der Waals surface area contributed by atoms with Crippen molar-refractivity contribution in [2.75, 3.05) is 46.4 Å². The van der Waals surface area contributed by atoms with Gasteiger partial charge in [0, 0.05) is 26.2 Å². The van der Waals surface area contributed by atoms with E-state index < -0.39 is 5.60 Å². The summed E-state index contributed by atoms with van der Waals surface area (Å²) in [6.07, 6.45) is 7.79. The molecule has 3 aliphatic rings. The average molecular weight is 309 g/mol. The Labute approximate surface area is 134 Å². The van der Waals surface area contributed by atoms with Crippen molar-refractivity contribution in [2.24, 2.45) is 0 Å². The summed E-state index contributed by atoms with van der Waals surface area (Å²) in [6.45, 7) is 6.08. The Bertz CT molecular complexity index is 376. The van der Waals surface area contributed by atoms with Crippen LogP contribution in [0.15, 0.2) is 0 Å². The topological polar surface area (TPSA) is 44.8 Å². The van der Waals surface area contributed by atoms with Crippen molar-refractivity contribution in [1.82, 2.24) is 15.1 Å². The van der Waals surface area contributed by atoms with Gasteiger partial charge in [0.25, 0.3) is 5.91 Å². The summed E-state index contributed by atoms with van der Waals surface area (Å²) < 4.78 is 5.72. The van der Waals surface area contributed by atoms with Crippen LogP contribution in [-0.2, 0) is 9.53 Å². The third kappa shape index (κ3) is 3.31. The van der Waals surface area contributed by atoms with Gasteiger partial charge in [-0.15, -0.1) is 0 Å². The smallest absolute Gasteiger partial charge is 0.254 e. The predicted octanol–water partition coefficient (Wildman–Crippen LogP) is 1.23. The SMILES string of the molecule is COC1(C(=O)N2CCCC(N3CCCC3)CC2)CCNCC1. The highest BCUT2D eigenvalue weighted by Crippen LogP contribution is 2.28. The number of ether oxygens (including phenoxy) is 1. The minimum atomic E-state index is -0.571. The Balaban J connectivity index is 1.60. The lowest BCUT2D eigenvalue weighted by Gasteiger charge is -2.38. The Morgan fingerprint density at radius 1 is 1.05 bits per heavy atom. The summed E-state index contributed by atoms with van der Waals surface area (Å²) in [5.41, 5.74) is -0.571. The molecule has 5 heteroatoms. The molecule has 0 radical (unpaired) electrons. The highest BCUT2D eigenvalue weighted by molar-refractivity contribution is 5.85. The summed E-state index contributed by atoms with van der Waals surface area (Å²) in [7, 11) is 1.70. The van der Waals surface area contributed by atoms with Crippen LogP contribution < -0.4 is 5.32 Å². The second-order valence-corrected chi connectivity index (χ2v) is 7.07. The van der Waals surface area contributed by atoms with Gasteiger partial charge in [-0.25, -0.2) is 0 Å². The molecule has 3 heterocycles. The number of piperidine rings is 1. The van der Waals surface area contributed by atoms with Gasteiger partial charge in [-0.3, -0.25) is 4.79 Å². The van der Waals surface area contributed by atoms with Gasteiger partial charge in [0.1, 0.15) is 5.60 Å². The summed E-state index contributed by atoms with van der Waals surface area (Å²) in [5.74, 6) is 0.235. The average Bonchev–Trinajstić information content (AvgIpc) is 2.99. The van der Waals surface area contributed by atoms with Crippen molar-refractivity contribution in [1.29, 1.82) is 0 Å². The minimum Gasteiger partial charge on any atom is -0.368 e. The normalized spacial score (nSPS) is 30.2. The lowest BCUT2D eigenvalue weighted by Crippen LogP contribution is -2.55. The van der Waals surface area contributed by atoms with Crippen molar-refractivity contribution in [3.8, 4) is 0 Å². The first-order valence-corrected chi connectivity index (χ1v) is 9.04. The van der Waals surface area contributed by atoms with Gasteiger partial charge < -0.3 is 19.9 Å². The molecule has 0 aromatic rings. The van der Waals surface area contributed by atoms with Gasteiger partial charge in [0.05, 0.1) is 0 Å². The highest BCUT2D eigenvalue weighted by Gasteiger charge is 2.42. The van der Waals surface area contributed by atoms with Crippen LogP contribution in [-0.4, -0.2) is 73.7 Å². The maximum atomic E-state index is 13.0. The van der Waals surface area contributed by atoms with E-state index >= 15 is 0 Å². The van der Waals surface area contributed by atoms with Crippen LogP contribution >= 0.6 is 0 Å². The number of likely N-dealkylation sites (tertiary alicyclic amines) is 2. The quantitative estimate of drug-likeness (QED) is 0.852. The summed E-state index contributed by atoms with van der Waals surface area (Å²) in [4.78, 5) is 17.8. The number of hydrogen-bond acceptors (Lipinski definition) is 4. The minimum absolute atomic E-state index is 0.235. The van der Waals surface area contributed by atoms with E-state index in [4.69, 9.17) is 4.74 Å². The van der Waals surface area contributed by atoms with Crippen LogP contribution in [0.25, 0.3) is 0 Å². The zero-order valence-corrected chi connectivity index (χ0v) is 14.0. The third-order valence-corrected chi connectivity index (χ3v) is 5.83. The molecular formula is C17H31N3O2. The molecule has 1 unspecified atom stereocenters. The predicted molar refractivity (Wildman–Crippen MR) is 86.9 cm³/mol.